The van der Waals surface area contributed by atoms with Crippen LogP contribution in [0.2, 0.25) is 0 Å². The van der Waals surface area contributed by atoms with Crippen LogP contribution in [0.4, 0.5) is 0 Å². The monoisotopic (exact) mass is 272 g/mol. The Kier molecular flexibility index (Phi) is 2.91. The second-order valence-electron chi connectivity index (χ2n) is 8.32. The zero-order chi connectivity index (χ0) is 13.9. The lowest BCUT2D eigenvalue weighted by atomic mass is 9.50. The summed E-state index contributed by atoms with van der Waals surface area (Å²) in [7, 11) is 0. The summed E-state index contributed by atoms with van der Waals surface area (Å²) in [4.78, 5) is 11.7. The fourth-order valence-electron chi connectivity index (χ4n) is 6.57. The maximum Gasteiger partial charge on any atom is 0.133 e. The first kappa shape index (κ1) is 13.1. The van der Waals surface area contributed by atoms with Crippen LogP contribution in [0.1, 0.15) is 64.7 Å². The largest absolute Gasteiger partial charge is 0.300 e. The van der Waals surface area contributed by atoms with Gasteiger partial charge < -0.3 is 0 Å². The Morgan fingerprint density at radius 2 is 1.85 bits per heavy atom. The lowest BCUT2D eigenvalue weighted by Gasteiger charge is -2.54. The molecule has 0 N–H and O–H groups in total. The van der Waals surface area contributed by atoms with Crippen molar-refractivity contribution in [1.82, 2.24) is 0 Å². The van der Waals surface area contributed by atoms with Gasteiger partial charge in [-0.2, -0.15) is 0 Å². The van der Waals surface area contributed by atoms with Crippen molar-refractivity contribution in [3.05, 3.63) is 12.2 Å². The van der Waals surface area contributed by atoms with Gasteiger partial charge in [0.15, 0.2) is 0 Å². The number of Topliss-reactive ketones (excluding diaryl/α,β-unsaturated/α-hetero) is 1. The quantitative estimate of drug-likeness (QED) is 0.581. The van der Waals surface area contributed by atoms with Gasteiger partial charge in [0.2, 0.25) is 0 Å². The third-order valence-electron chi connectivity index (χ3n) is 7.72. The van der Waals surface area contributed by atoms with Crippen LogP contribution in [0.5, 0.6) is 0 Å². The van der Waals surface area contributed by atoms with E-state index in [9.17, 15) is 4.79 Å². The Morgan fingerprint density at radius 1 is 1.00 bits per heavy atom. The molecule has 4 rings (SSSR count). The van der Waals surface area contributed by atoms with Gasteiger partial charge in [0.1, 0.15) is 5.78 Å². The van der Waals surface area contributed by atoms with E-state index in [4.69, 9.17) is 0 Å². The van der Waals surface area contributed by atoms with Crippen LogP contribution in [-0.2, 0) is 4.79 Å². The fraction of sp³-hybridized carbons (Fsp3) is 0.842. The third kappa shape index (κ3) is 1.71. The smallest absolute Gasteiger partial charge is 0.133 e. The summed E-state index contributed by atoms with van der Waals surface area (Å²) in [6.07, 6.45) is 11.2. The van der Waals surface area contributed by atoms with E-state index < -0.39 is 0 Å². The molecule has 1 nitrogen and oxygen atoms in total. The Labute approximate surface area is 123 Å². The molecule has 0 aliphatic heterocycles. The van der Waals surface area contributed by atoms with E-state index in [-0.39, 0.29) is 0 Å². The number of hydrogen-bond donors (Lipinski definition) is 0. The van der Waals surface area contributed by atoms with Gasteiger partial charge in [0.25, 0.3) is 0 Å². The fourth-order valence-corrected chi connectivity index (χ4v) is 6.57. The molecule has 4 aliphatic carbocycles. The minimum Gasteiger partial charge on any atom is -0.300 e. The summed E-state index contributed by atoms with van der Waals surface area (Å²) < 4.78 is 0. The maximum absolute atomic E-state index is 11.7. The van der Waals surface area contributed by atoms with Crippen molar-refractivity contribution in [3.8, 4) is 0 Å². The molecule has 0 saturated heterocycles. The van der Waals surface area contributed by atoms with Gasteiger partial charge >= 0.3 is 0 Å². The van der Waals surface area contributed by atoms with Gasteiger partial charge in [-0.15, -0.1) is 0 Å². The molecule has 4 aliphatic rings. The van der Waals surface area contributed by atoms with Crippen LogP contribution in [-0.4, -0.2) is 5.78 Å². The van der Waals surface area contributed by atoms with Crippen molar-refractivity contribution < 1.29 is 4.79 Å². The summed E-state index contributed by atoms with van der Waals surface area (Å²) in [6.45, 7) is 6.89. The van der Waals surface area contributed by atoms with Gasteiger partial charge in [-0.25, -0.2) is 0 Å². The van der Waals surface area contributed by atoms with E-state index in [0.717, 1.165) is 42.4 Å². The predicted octanol–water partition coefficient (Wildman–Crippen LogP) is 4.76. The van der Waals surface area contributed by atoms with E-state index >= 15 is 0 Å². The van der Waals surface area contributed by atoms with Crippen molar-refractivity contribution in [1.29, 1.82) is 0 Å². The predicted molar refractivity (Wildman–Crippen MR) is 81.3 cm³/mol. The van der Waals surface area contributed by atoms with E-state index in [1.807, 2.05) is 0 Å². The van der Waals surface area contributed by atoms with Gasteiger partial charge in [-0.1, -0.05) is 19.1 Å². The summed E-state index contributed by atoms with van der Waals surface area (Å²) in [5.41, 5.74) is 2.00. The highest BCUT2D eigenvalue weighted by Crippen LogP contribution is 2.63. The molecule has 0 aromatic carbocycles. The van der Waals surface area contributed by atoms with Crippen LogP contribution in [0.3, 0.4) is 0 Å². The average molecular weight is 272 g/mol. The minimum atomic E-state index is 0.457. The molecular formula is C19H28O. The molecule has 4 fully saturated rings. The van der Waals surface area contributed by atoms with Crippen molar-refractivity contribution in [3.63, 3.8) is 0 Å². The molecule has 0 radical (unpaired) electrons. The zero-order valence-electron chi connectivity index (χ0n) is 12.9. The summed E-state index contributed by atoms with van der Waals surface area (Å²) >= 11 is 0. The SMILES string of the molecule is C=C1CC[C@H]2[C@@H]3CC[C@H]4CC(=O)CC[C@@H]4[C@H]3CC[C@]12C. The highest BCUT2D eigenvalue weighted by atomic mass is 16.1. The highest BCUT2D eigenvalue weighted by Gasteiger charge is 2.54. The summed E-state index contributed by atoms with van der Waals surface area (Å²) in [5, 5.41) is 0. The standard InChI is InChI=1S/C19H28O/c1-12-3-8-18-17-6-4-13-11-14(20)5-7-15(13)16(17)9-10-19(12,18)2/h13,15-18H,1,3-11H2,2H3/t13-,15-,16+,17+,18-,19+/m0/s1. The van der Waals surface area contributed by atoms with Crippen LogP contribution in [0.15, 0.2) is 12.2 Å². The molecule has 0 aromatic heterocycles. The Morgan fingerprint density at radius 3 is 2.70 bits per heavy atom. The maximum atomic E-state index is 11.7. The third-order valence-corrected chi connectivity index (χ3v) is 7.72. The first-order chi connectivity index (χ1) is 9.59. The molecule has 0 aromatic rings. The molecule has 4 saturated carbocycles. The lowest BCUT2D eigenvalue weighted by molar-refractivity contribution is -0.126. The number of carbonyl (C=O) groups excluding carboxylic acids is 1. The second-order valence-corrected chi connectivity index (χ2v) is 8.32. The van der Waals surface area contributed by atoms with Crippen molar-refractivity contribution in [2.75, 3.05) is 0 Å². The van der Waals surface area contributed by atoms with Crippen LogP contribution < -0.4 is 0 Å². The molecule has 20 heavy (non-hydrogen) atoms. The molecule has 6 atom stereocenters. The van der Waals surface area contributed by atoms with Crippen molar-refractivity contribution >= 4 is 5.78 Å². The zero-order valence-corrected chi connectivity index (χ0v) is 12.9. The molecule has 110 valence electrons. The van der Waals surface area contributed by atoms with Crippen LogP contribution in [0.25, 0.3) is 0 Å². The second kappa shape index (κ2) is 4.45. The Hall–Kier alpha value is -0.590. The number of ketones is 1. The minimum absolute atomic E-state index is 0.457. The van der Waals surface area contributed by atoms with Gasteiger partial charge in [-0.05, 0) is 80.0 Å². The number of fused-ring (bicyclic) bond motifs is 5. The van der Waals surface area contributed by atoms with Crippen LogP contribution in [0, 0.1) is 35.0 Å². The molecule has 0 heterocycles. The van der Waals surface area contributed by atoms with Crippen molar-refractivity contribution in [2.45, 2.75) is 64.7 Å². The normalized spacial score (nSPS) is 51.4. The summed E-state index contributed by atoms with van der Waals surface area (Å²) in [5.74, 6) is 4.96. The number of carbonyl (C=O) groups is 1. The topological polar surface area (TPSA) is 17.1 Å². The first-order valence-electron chi connectivity index (χ1n) is 8.79. The van der Waals surface area contributed by atoms with E-state index in [1.165, 1.54) is 44.9 Å². The summed E-state index contributed by atoms with van der Waals surface area (Å²) in [6, 6.07) is 0. The molecule has 1 heteroatoms. The van der Waals surface area contributed by atoms with Gasteiger partial charge in [-0.3, -0.25) is 4.79 Å². The molecule has 0 amide bonds. The average Bonchev–Trinajstić information content (AvgIpc) is 2.74. The number of rotatable bonds is 0. The van der Waals surface area contributed by atoms with Crippen molar-refractivity contribution in [2.24, 2.45) is 35.0 Å². The number of allylic oxidation sites excluding steroid dienone is 1. The lowest BCUT2D eigenvalue weighted by Crippen LogP contribution is -2.47. The molecule has 0 unspecified atom stereocenters. The molecular weight excluding hydrogens is 244 g/mol. The Balaban J connectivity index is 1.59. The molecule has 0 bridgehead atoms. The molecule has 0 spiro atoms. The Bertz CT molecular complexity index is 451. The highest BCUT2D eigenvalue weighted by molar-refractivity contribution is 5.79. The first-order valence-corrected chi connectivity index (χ1v) is 8.79. The van der Waals surface area contributed by atoms with Gasteiger partial charge in [0, 0.05) is 12.8 Å². The number of hydrogen-bond acceptors (Lipinski definition) is 1. The van der Waals surface area contributed by atoms with Gasteiger partial charge in [0.05, 0.1) is 0 Å². The van der Waals surface area contributed by atoms with E-state index in [1.54, 1.807) is 5.57 Å². The van der Waals surface area contributed by atoms with Crippen LogP contribution >= 0.6 is 0 Å². The van der Waals surface area contributed by atoms with E-state index in [2.05, 4.69) is 13.5 Å². The van der Waals surface area contributed by atoms with E-state index in [0.29, 0.717) is 11.2 Å².